The molecule has 4 nitrogen and oxygen atoms in total. The van der Waals surface area contributed by atoms with Crippen LogP contribution in [0, 0.1) is 0 Å². The van der Waals surface area contributed by atoms with E-state index >= 15 is 0 Å². The summed E-state index contributed by atoms with van der Waals surface area (Å²) in [6.45, 7) is 10.4. The molecular weight excluding hydrogens is 248 g/mol. The Kier molecular flexibility index (Phi) is 4.23. The van der Waals surface area contributed by atoms with Gasteiger partial charge in [0.25, 0.3) is 0 Å². The molecule has 20 heavy (non-hydrogen) atoms. The van der Waals surface area contributed by atoms with Crippen molar-refractivity contribution in [3.8, 4) is 0 Å². The maximum absolute atomic E-state index is 6.04. The van der Waals surface area contributed by atoms with Crippen molar-refractivity contribution in [1.29, 1.82) is 0 Å². The summed E-state index contributed by atoms with van der Waals surface area (Å²) in [6, 6.07) is 0. The van der Waals surface area contributed by atoms with E-state index in [9.17, 15) is 0 Å². The Bertz CT molecular complexity index is 652. The van der Waals surface area contributed by atoms with Crippen LogP contribution < -0.4 is 5.73 Å². The van der Waals surface area contributed by atoms with Gasteiger partial charge in [-0.3, -0.25) is 4.40 Å². The molecule has 2 aromatic rings. The normalized spacial score (nSPS) is 13.2. The topological polar surface area (TPSA) is 56.2 Å². The fourth-order valence-corrected chi connectivity index (χ4v) is 2.50. The number of allylic oxidation sites excluding steroid dienone is 3. The largest absolute Gasteiger partial charge is 0.382 e. The lowest BCUT2D eigenvalue weighted by atomic mass is 10.1. The Morgan fingerprint density at radius 2 is 2.30 bits per heavy atom. The van der Waals surface area contributed by atoms with Crippen LogP contribution in [0.15, 0.2) is 31.1 Å². The minimum Gasteiger partial charge on any atom is -0.382 e. The van der Waals surface area contributed by atoms with Gasteiger partial charge in [-0.1, -0.05) is 39.0 Å². The maximum atomic E-state index is 6.04. The highest BCUT2D eigenvalue weighted by molar-refractivity contribution is 5.85. The summed E-state index contributed by atoms with van der Waals surface area (Å²) in [4.78, 5) is 8.96. The van der Waals surface area contributed by atoms with Gasteiger partial charge in [0.2, 0.25) is 0 Å². The van der Waals surface area contributed by atoms with E-state index in [4.69, 9.17) is 10.7 Å². The Balaban J connectivity index is 2.67. The molecule has 2 rings (SSSR count). The average molecular weight is 270 g/mol. The number of nitrogens with two attached hydrogens (primary N) is 1. The molecule has 0 aliphatic carbocycles. The van der Waals surface area contributed by atoms with Crippen molar-refractivity contribution in [1.82, 2.24) is 14.4 Å². The molecule has 0 saturated carbocycles. The van der Waals surface area contributed by atoms with Crippen molar-refractivity contribution in [3.63, 3.8) is 0 Å². The van der Waals surface area contributed by atoms with Crippen LogP contribution in [0.3, 0.4) is 0 Å². The highest BCUT2D eigenvalue weighted by Crippen LogP contribution is 2.29. The lowest BCUT2D eigenvalue weighted by Gasteiger charge is -2.08. The van der Waals surface area contributed by atoms with Crippen LogP contribution in [0.2, 0.25) is 0 Å². The number of nitrogens with zero attached hydrogens (tertiary/aromatic N) is 3. The van der Waals surface area contributed by atoms with E-state index in [0.717, 1.165) is 35.4 Å². The summed E-state index contributed by atoms with van der Waals surface area (Å²) < 4.78 is 2.05. The van der Waals surface area contributed by atoms with Crippen LogP contribution in [0.4, 0.5) is 5.82 Å². The van der Waals surface area contributed by atoms with Crippen molar-refractivity contribution in [2.75, 3.05) is 5.73 Å². The zero-order chi connectivity index (χ0) is 14.7. The Labute approximate surface area is 120 Å². The van der Waals surface area contributed by atoms with Crippen LogP contribution in [-0.4, -0.2) is 14.4 Å². The number of fused-ring (bicyclic) bond motifs is 1. The monoisotopic (exact) mass is 270 g/mol. The highest BCUT2D eigenvalue weighted by atomic mass is 15.1. The third-order valence-electron chi connectivity index (χ3n) is 3.44. The minimum absolute atomic E-state index is 0.376. The van der Waals surface area contributed by atoms with Gasteiger partial charge in [-0.25, -0.2) is 9.97 Å². The molecule has 0 aliphatic heterocycles. The van der Waals surface area contributed by atoms with E-state index in [2.05, 4.69) is 25.4 Å². The highest BCUT2D eigenvalue weighted by Gasteiger charge is 2.18. The first kappa shape index (κ1) is 14.3. The third kappa shape index (κ3) is 2.46. The van der Waals surface area contributed by atoms with Gasteiger partial charge in [0.05, 0.1) is 5.69 Å². The number of anilines is 1. The second-order valence-corrected chi connectivity index (χ2v) is 5.06. The van der Waals surface area contributed by atoms with Crippen LogP contribution >= 0.6 is 0 Å². The summed E-state index contributed by atoms with van der Waals surface area (Å²) >= 11 is 0. The predicted molar refractivity (Wildman–Crippen MR) is 84.6 cm³/mol. The van der Waals surface area contributed by atoms with Gasteiger partial charge in [0.1, 0.15) is 17.2 Å². The minimum atomic E-state index is 0.376. The number of imidazole rings is 1. The molecule has 1 atom stereocenters. The first-order valence-electron chi connectivity index (χ1n) is 7.04. The summed E-state index contributed by atoms with van der Waals surface area (Å²) in [5.41, 5.74) is 8.58. The van der Waals surface area contributed by atoms with Crippen molar-refractivity contribution < 1.29 is 0 Å². The lowest BCUT2D eigenvalue weighted by Crippen LogP contribution is -2.02. The van der Waals surface area contributed by atoms with Gasteiger partial charge in [-0.15, -0.1) is 0 Å². The molecule has 2 N–H and O–H groups in total. The molecule has 0 bridgehead atoms. The molecule has 106 valence electrons. The summed E-state index contributed by atoms with van der Waals surface area (Å²) in [5, 5.41) is 0. The molecule has 2 aromatic heterocycles. The average Bonchev–Trinajstić information content (AvgIpc) is 2.80. The fraction of sp³-hybridized carbons (Fsp3) is 0.375. The second kappa shape index (κ2) is 5.90. The number of hydrogen-bond acceptors (Lipinski definition) is 3. The molecule has 0 amide bonds. The first-order chi connectivity index (χ1) is 9.60. The molecule has 0 aromatic carbocycles. The quantitative estimate of drug-likeness (QED) is 0.841. The molecule has 0 radical (unpaired) electrons. The number of rotatable bonds is 5. The van der Waals surface area contributed by atoms with Gasteiger partial charge in [0.15, 0.2) is 0 Å². The van der Waals surface area contributed by atoms with Crippen molar-refractivity contribution in [3.05, 3.63) is 42.6 Å². The predicted octanol–water partition coefficient (Wildman–Crippen LogP) is 3.80. The number of nitrogen functional groups attached to an aromatic ring is 1. The van der Waals surface area contributed by atoms with Gasteiger partial charge < -0.3 is 5.73 Å². The third-order valence-corrected chi connectivity index (χ3v) is 3.44. The van der Waals surface area contributed by atoms with Crippen LogP contribution in [0.1, 0.15) is 51.0 Å². The molecule has 0 spiro atoms. The van der Waals surface area contributed by atoms with Crippen molar-refractivity contribution in [2.24, 2.45) is 0 Å². The zero-order valence-corrected chi connectivity index (χ0v) is 12.4. The molecule has 2 heterocycles. The van der Waals surface area contributed by atoms with Crippen LogP contribution in [-0.2, 0) is 0 Å². The van der Waals surface area contributed by atoms with Crippen molar-refractivity contribution >= 4 is 16.9 Å². The first-order valence-corrected chi connectivity index (χ1v) is 7.04. The van der Waals surface area contributed by atoms with Gasteiger partial charge in [0, 0.05) is 18.3 Å². The molecule has 0 saturated heterocycles. The molecule has 1 unspecified atom stereocenters. The van der Waals surface area contributed by atoms with Crippen LogP contribution in [0.25, 0.3) is 11.1 Å². The van der Waals surface area contributed by atoms with E-state index in [1.807, 2.05) is 29.7 Å². The molecular formula is C16H22N4. The van der Waals surface area contributed by atoms with Gasteiger partial charge in [-0.05, 0) is 18.9 Å². The summed E-state index contributed by atoms with van der Waals surface area (Å²) in [5.74, 6) is 1.90. The van der Waals surface area contributed by atoms with E-state index in [-0.39, 0.29) is 0 Å². The molecule has 0 fully saturated rings. The smallest absolute Gasteiger partial charge is 0.150 e. The van der Waals surface area contributed by atoms with Crippen molar-refractivity contribution in [2.45, 2.75) is 39.5 Å². The Hall–Kier alpha value is -2.10. The molecule has 0 aliphatic rings. The van der Waals surface area contributed by atoms with Gasteiger partial charge >= 0.3 is 0 Å². The standard InChI is InChI=1S/C16H22N4/c1-5-7-11(3)13-14-15(17)18-9-10-20(14)16(19-13)12(4)8-6-2/h5,7,9-10,12H,3,6,8H2,1-2,4H3,(H2,17,18). The van der Waals surface area contributed by atoms with E-state index in [0.29, 0.717) is 11.7 Å². The van der Waals surface area contributed by atoms with Crippen LogP contribution in [0.5, 0.6) is 0 Å². The second-order valence-electron chi connectivity index (χ2n) is 5.06. The van der Waals surface area contributed by atoms with E-state index in [1.54, 1.807) is 6.20 Å². The van der Waals surface area contributed by atoms with E-state index < -0.39 is 0 Å². The molecule has 4 heteroatoms. The maximum Gasteiger partial charge on any atom is 0.150 e. The lowest BCUT2D eigenvalue weighted by molar-refractivity contribution is 0.624. The Morgan fingerprint density at radius 1 is 1.55 bits per heavy atom. The Morgan fingerprint density at radius 3 is 2.95 bits per heavy atom. The van der Waals surface area contributed by atoms with Gasteiger partial charge in [-0.2, -0.15) is 0 Å². The van der Waals surface area contributed by atoms with E-state index in [1.165, 1.54) is 0 Å². The number of hydrogen-bond donors (Lipinski definition) is 1. The summed E-state index contributed by atoms with van der Waals surface area (Å²) in [6.07, 6.45) is 9.76. The zero-order valence-electron chi connectivity index (χ0n) is 12.4. The fourth-order valence-electron chi connectivity index (χ4n) is 2.50. The summed E-state index contributed by atoms with van der Waals surface area (Å²) in [7, 11) is 0. The number of aromatic nitrogens is 3. The SMILES string of the molecule is C=C(C=CC)c1nc(C(C)CCC)n2ccnc(N)c12.